The summed E-state index contributed by atoms with van der Waals surface area (Å²) in [6.07, 6.45) is -4.16. The minimum Gasteiger partial charge on any atom is -0.343 e. The number of rotatable bonds is 3. The Morgan fingerprint density at radius 3 is 2.38 bits per heavy atom. The lowest BCUT2D eigenvalue weighted by atomic mass is 10.1. The fraction of sp³-hybridized carbons (Fsp3) is 0.500. The average molecular weight is 385 g/mol. The smallest absolute Gasteiger partial charge is 0.343 e. The largest absolute Gasteiger partial charge is 0.417 e. The minimum absolute atomic E-state index is 0.117. The highest BCUT2D eigenvalue weighted by molar-refractivity contribution is 7.89. The lowest BCUT2D eigenvalue weighted by molar-refractivity contribution is -0.140. The van der Waals surface area contributed by atoms with E-state index in [1.165, 1.54) is 6.92 Å². The summed E-state index contributed by atoms with van der Waals surface area (Å²) in [5.41, 5.74) is -1.30. The number of hydrogen-bond acceptors (Lipinski definition) is 3. The van der Waals surface area contributed by atoms with Gasteiger partial charge in [-0.05, 0) is 31.0 Å². The third kappa shape index (κ3) is 4.40. The van der Waals surface area contributed by atoms with Gasteiger partial charge in [0.25, 0.3) is 0 Å². The second kappa shape index (κ2) is 6.89. The molecule has 0 aromatic heterocycles. The predicted octanol–water partition coefficient (Wildman–Crippen LogP) is 2.65. The van der Waals surface area contributed by atoms with Crippen molar-refractivity contribution in [3.05, 3.63) is 28.8 Å². The first-order valence-electron chi connectivity index (χ1n) is 7.15. The van der Waals surface area contributed by atoms with Crippen molar-refractivity contribution in [3.63, 3.8) is 0 Å². The highest BCUT2D eigenvalue weighted by atomic mass is 35.5. The van der Waals surface area contributed by atoms with Crippen molar-refractivity contribution in [2.75, 3.05) is 13.1 Å². The highest BCUT2D eigenvalue weighted by Gasteiger charge is 2.38. The summed E-state index contributed by atoms with van der Waals surface area (Å²) >= 11 is 5.56. The van der Waals surface area contributed by atoms with Gasteiger partial charge >= 0.3 is 6.18 Å². The average Bonchev–Trinajstić information content (AvgIpc) is 2.46. The SMILES string of the molecule is CC(=O)N1CCC(NS(=O)(=O)c2ccc(Cl)cc2C(F)(F)F)CC1. The molecule has 0 atom stereocenters. The monoisotopic (exact) mass is 384 g/mol. The molecule has 5 nitrogen and oxygen atoms in total. The molecule has 0 saturated carbocycles. The summed E-state index contributed by atoms with van der Waals surface area (Å²) in [7, 11) is -4.36. The second-order valence-electron chi connectivity index (χ2n) is 5.54. The molecule has 1 fully saturated rings. The van der Waals surface area contributed by atoms with Gasteiger partial charge in [0.2, 0.25) is 15.9 Å². The molecule has 0 spiro atoms. The molecule has 0 radical (unpaired) electrons. The third-order valence-corrected chi connectivity index (χ3v) is 5.61. The van der Waals surface area contributed by atoms with Crippen LogP contribution in [0.5, 0.6) is 0 Å². The zero-order valence-corrected chi connectivity index (χ0v) is 14.3. The Morgan fingerprint density at radius 2 is 1.88 bits per heavy atom. The number of nitrogens with one attached hydrogen (secondary N) is 1. The Balaban J connectivity index is 2.22. The Kier molecular flexibility index (Phi) is 5.46. The predicted molar refractivity (Wildman–Crippen MR) is 82.1 cm³/mol. The molecule has 1 aromatic rings. The van der Waals surface area contributed by atoms with E-state index in [9.17, 15) is 26.4 Å². The number of alkyl halides is 3. The summed E-state index contributed by atoms with van der Waals surface area (Å²) in [6.45, 7) is 2.12. The zero-order valence-electron chi connectivity index (χ0n) is 12.7. The molecule has 24 heavy (non-hydrogen) atoms. The Morgan fingerprint density at radius 1 is 1.29 bits per heavy atom. The maximum absolute atomic E-state index is 13.1. The number of carbonyl (C=O) groups excluding carboxylic acids is 1. The van der Waals surface area contributed by atoms with Gasteiger partial charge in [-0.2, -0.15) is 13.2 Å². The number of likely N-dealkylation sites (tertiary alicyclic amines) is 1. The van der Waals surface area contributed by atoms with Gasteiger partial charge in [0.05, 0.1) is 10.5 Å². The van der Waals surface area contributed by atoms with E-state index in [0.29, 0.717) is 32.0 Å². The molecule has 10 heteroatoms. The topological polar surface area (TPSA) is 66.5 Å². The number of nitrogens with zero attached hydrogens (tertiary/aromatic N) is 1. The van der Waals surface area contributed by atoms with Crippen LogP contribution in [0.3, 0.4) is 0 Å². The molecule has 1 aromatic carbocycles. The van der Waals surface area contributed by atoms with Gasteiger partial charge < -0.3 is 4.90 Å². The first kappa shape index (κ1) is 19.0. The van der Waals surface area contributed by atoms with E-state index in [-0.39, 0.29) is 10.9 Å². The first-order valence-corrected chi connectivity index (χ1v) is 9.01. The van der Waals surface area contributed by atoms with E-state index < -0.39 is 32.7 Å². The number of hydrogen-bond donors (Lipinski definition) is 1. The van der Waals surface area contributed by atoms with Gasteiger partial charge in [-0.15, -0.1) is 0 Å². The Labute approximate surface area is 142 Å². The maximum Gasteiger partial charge on any atom is 0.417 e. The van der Waals surface area contributed by atoms with Gasteiger partial charge in [-0.25, -0.2) is 13.1 Å². The van der Waals surface area contributed by atoms with E-state index in [0.717, 1.165) is 12.1 Å². The van der Waals surface area contributed by atoms with Crippen molar-refractivity contribution in [3.8, 4) is 0 Å². The van der Waals surface area contributed by atoms with Crippen LogP contribution in [0.15, 0.2) is 23.1 Å². The van der Waals surface area contributed by atoms with Crippen molar-refractivity contribution in [1.29, 1.82) is 0 Å². The van der Waals surface area contributed by atoms with Crippen molar-refractivity contribution >= 4 is 27.5 Å². The molecule has 0 unspecified atom stereocenters. The van der Waals surface area contributed by atoms with Crippen LogP contribution in [0.2, 0.25) is 5.02 Å². The second-order valence-corrected chi connectivity index (χ2v) is 7.66. The number of piperidine rings is 1. The molecule has 1 aliphatic heterocycles. The number of benzene rings is 1. The van der Waals surface area contributed by atoms with Crippen LogP contribution >= 0.6 is 11.6 Å². The van der Waals surface area contributed by atoms with E-state index in [1.54, 1.807) is 4.90 Å². The number of sulfonamides is 1. The summed E-state index contributed by atoms with van der Waals surface area (Å²) in [6, 6.07) is 2.01. The van der Waals surface area contributed by atoms with Gasteiger partial charge in [-0.3, -0.25) is 4.79 Å². The molecular weight excluding hydrogens is 369 g/mol. The molecule has 1 amide bonds. The molecule has 134 valence electrons. The Hall–Kier alpha value is -1.32. The number of amides is 1. The Bertz CT molecular complexity index is 729. The molecule has 0 aliphatic carbocycles. The zero-order chi connectivity index (χ0) is 18.1. The van der Waals surface area contributed by atoms with Crippen LogP contribution in [0, 0.1) is 0 Å². The summed E-state index contributed by atoms with van der Waals surface area (Å²) < 4.78 is 66.3. The van der Waals surface area contributed by atoms with E-state index in [2.05, 4.69) is 4.72 Å². The quantitative estimate of drug-likeness (QED) is 0.871. The molecule has 1 aliphatic rings. The van der Waals surface area contributed by atoms with E-state index in [1.807, 2.05) is 0 Å². The van der Waals surface area contributed by atoms with Crippen LogP contribution in [0.1, 0.15) is 25.3 Å². The normalized spacial score (nSPS) is 17.1. The van der Waals surface area contributed by atoms with Crippen molar-refractivity contribution in [1.82, 2.24) is 9.62 Å². The summed E-state index contributed by atoms with van der Waals surface area (Å²) in [5.74, 6) is -0.117. The van der Waals surface area contributed by atoms with Gasteiger partial charge in [-0.1, -0.05) is 11.6 Å². The number of carbonyl (C=O) groups is 1. The molecule has 0 bridgehead atoms. The van der Waals surface area contributed by atoms with Crippen molar-refractivity contribution in [2.24, 2.45) is 0 Å². The molecule has 1 heterocycles. The van der Waals surface area contributed by atoms with Crippen molar-refractivity contribution in [2.45, 2.75) is 36.9 Å². The number of halogens is 4. The highest BCUT2D eigenvalue weighted by Crippen LogP contribution is 2.36. The van der Waals surface area contributed by atoms with Gasteiger partial charge in [0, 0.05) is 31.1 Å². The molecular formula is C14H16ClF3N2O3S. The fourth-order valence-corrected chi connectivity index (χ4v) is 4.24. The van der Waals surface area contributed by atoms with Crippen LogP contribution < -0.4 is 4.72 Å². The molecule has 1 N–H and O–H groups in total. The van der Waals surface area contributed by atoms with Gasteiger partial charge in [0.1, 0.15) is 0 Å². The lowest BCUT2D eigenvalue weighted by Crippen LogP contribution is -2.46. The lowest BCUT2D eigenvalue weighted by Gasteiger charge is -2.31. The van der Waals surface area contributed by atoms with Crippen LogP contribution in [0.25, 0.3) is 0 Å². The van der Waals surface area contributed by atoms with Crippen LogP contribution in [-0.4, -0.2) is 38.4 Å². The standard InChI is InChI=1S/C14H16ClF3N2O3S/c1-9(21)20-6-4-11(5-7-20)19-24(22,23)13-3-2-10(15)8-12(13)14(16,17)18/h2-3,8,11,19H,4-7H2,1H3. The van der Waals surface area contributed by atoms with Gasteiger partial charge in [0.15, 0.2) is 0 Å². The fourth-order valence-electron chi connectivity index (χ4n) is 2.55. The summed E-state index contributed by atoms with van der Waals surface area (Å²) in [5, 5.41) is -0.198. The maximum atomic E-state index is 13.1. The molecule has 2 rings (SSSR count). The minimum atomic E-state index is -4.84. The van der Waals surface area contributed by atoms with Crippen LogP contribution in [-0.2, 0) is 21.0 Å². The van der Waals surface area contributed by atoms with E-state index in [4.69, 9.17) is 11.6 Å². The first-order chi connectivity index (χ1) is 11.0. The molecule has 1 saturated heterocycles. The van der Waals surface area contributed by atoms with Crippen LogP contribution in [0.4, 0.5) is 13.2 Å². The summed E-state index contributed by atoms with van der Waals surface area (Å²) in [4.78, 5) is 12.0. The van der Waals surface area contributed by atoms with Crippen molar-refractivity contribution < 1.29 is 26.4 Å². The third-order valence-electron chi connectivity index (χ3n) is 3.80. The van der Waals surface area contributed by atoms with E-state index >= 15 is 0 Å².